The highest BCUT2D eigenvalue weighted by Crippen LogP contribution is 2.51. The number of carbonyl (C=O) groups is 6. The molecule has 0 saturated carbocycles. The van der Waals surface area contributed by atoms with Crippen LogP contribution in [0.15, 0.2) is 38.0 Å². The Morgan fingerprint density at radius 2 is 0.528 bits per heavy atom. The number of hydrogen-bond donors (Lipinski definition) is 0. The molecule has 1 fully saturated rings. The Bertz CT molecular complexity index is 3580. The Morgan fingerprint density at radius 3 is 0.722 bits per heavy atom. The van der Waals surface area contributed by atoms with Gasteiger partial charge in [-0.25, -0.2) is 73.6 Å². The lowest BCUT2D eigenvalue weighted by Gasteiger charge is -2.43. The molecule has 108 heavy (non-hydrogen) atoms. The van der Waals surface area contributed by atoms with Gasteiger partial charge in [-0.1, -0.05) is 0 Å². The zero-order valence-electron chi connectivity index (χ0n) is 62.1. The molecule has 48 heteroatoms. The van der Waals surface area contributed by atoms with Crippen LogP contribution in [-0.4, -0.2) is 230 Å². The summed E-state index contributed by atoms with van der Waals surface area (Å²) < 4.78 is 156. The van der Waals surface area contributed by atoms with E-state index < -0.39 is 174 Å². The summed E-state index contributed by atoms with van der Waals surface area (Å²) in [5.74, 6) is 0.938. The zero-order chi connectivity index (χ0) is 78.9. The van der Waals surface area contributed by atoms with Crippen LogP contribution in [0.4, 0.5) is 46.2 Å². The largest absolute Gasteiger partial charge is 0.510 e. The molecule has 0 unspecified atom stereocenters. The molecule has 0 aliphatic carbocycles. The molecule has 0 spiro atoms. The Labute approximate surface area is 618 Å². The van der Waals surface area contributed by atoms with Crippen molar-refractivity contribution in [3.8, 4) is 0 Å². The molecule has 7 heterocycles. The number of aromatic nitrogens is 12. The second kappa shape index (κ2) is 41.0. The molecule has 1 aliphatic heterocycles. The predicted molar refractivity (Wildman–Crippen MR) is 369 cm³/mol. The molecule has 3 atom stereocenters. The highest BCUT2D eigenvalue weighted by Gasteiger charge is 2.36. The summed E-state index contributed by atoms with van der Waals surface area (Å²) in [5, 5.41) is 0. The molecule has 6 aromatic heterocycles. The summed E-state index contributed by atoms with van der Waals surface area (Å²) in [6, 6.07) is 0. The number of hydrogen-bond acceptors (Lipinski definition) is 42. The standard InChI is InChI=1S/C60H90N15O30P3/c1-37(2)100-55(76)85-28-94-106(82,95-29-86-56(77)101-38(3)4)34-91-43(13)16-70-22-67-46-49(70)61-19-64-52(46)73-25-74(53-47-50(62-20-65-53)71(23-68-47)17-44(14)92-35-107(83,96-30-87-57(78)102-39(5)6)97-31-88-58(79)103-40(7)8)27-75(26-73)54-48-51(63-21-66-54)72(24-69-48)18-45(15)93-36-108(84,98-32-89-59(80)104-41(9)10)99-33-90-60(81)105-42(11)12/h19-24,37-45H,16-18,25-36H2,1-15H3/t43-,44-,45-/m1/s1. The zero-order valence-corrected chi connectivity index (χ0v) is 64.7. The van der Waals surface area contributed by atoms with Gasteiger partial charge in [0.25, 0.3) is 0 Å². The smallest absolute Gasteiger partial charge is 0.432 e. The third-order valence-electron chi connectivity index (χ3n) is 13.5. The van der Waals surface area contributed by atoms with Crippen LogP contribution in [0.3, 0.4) is 0 Å². The Hall–Kier alpha value is -9.00. The SMILES string of the molecule is CC(C)OC(=O)OCOP(=O)(CO[C@H](C)Cn1cnc2c(N3CN(c4ncnc5c4ncn5C[C@@H](C)OCP(=O)(OCOC(=O)OC(C)C)OCOC(=O)OC(C)C)CN(c4ncnc5c4ncn5C[C@@H](C)OCP(=O)(OCOC(=O)OC(C)C)OCOC(=O)OC(C)C)C3)ncnc21)OCOC(=O)OC(C)C. The quantitative estimate of drug-likeness (QED) is 0.0149. The van der Waals surface area contributed by atoms with Crippen molar-refractivity contribution >= 4 is 111 Å². The van der Waals surface area contributed by atoms with Crippen LogP contribution in [-0.2, 0) is 132 Å². The van der Waals surface area contributed by atoms with Crippen molar-refractivity contribution in [2.45, 2.75) is 178 Å². The van der Waals surface area contributed by atoms with E-state index in [-0.39, 0.29) is 39.6 Å². The maximum Gasteiger partial charge on any atom is 0.510 e. The van der Waals surface area contributed by atoms with Gasteiger partial charge >= 0.3 is 59.7 Å². The molecule has 1 saturated heterocycles. The van der Waals surface area contributed by atoms with Crippen LogP contribution < -0.4 is 14.7 Å². The molecule has 7 rings (SSSR count). The van der Waals surface area contributed by atoms with Gasteiger partial charge in [0.1, 0.15) is 38.0 Å². The summed E-state index contributed by atoms with van der Waals surface area (Å²) in [6.07, 6.45) is -5.96. The molecule has 45 nitrogen and oxygen atoms in total. The summed E-state index contributed by atoms with van der Waals surface area (Å²) in [5.41, 5.74) is 1.90. The van der Waals surface area contributed by atoms with E-state index in [9.17, 15) is 42.5 Å². The van der Waals surface area contributed by atoms with Crippen molar-refractivity contribution in [3.05, 3.63) is 38.0 Å². The number of ether oxygens (including phenoxy) is 15. The van der Waals surface area contributed by atoms with Crippen LogP contribution in [0.1, 0.15) is 104 Å². The van der Waals surface area contributed by atoms with E-state index in [2.05, 4.69) is 15.0 Å². The maximum absolute atomic E-state index is 14.0. The van der Waals surface area contributed by atoms with Crippen molar-refractivity contribution in [2.75, 3.05) is 94.5 Å². The van der Waals surface area contributed by atoms with E-state index >= 15 is 0 Å². The molecule has 0 amide bonds. The number of fused-ring (bicyclic) bond motifs is 3. The summed E-state index contributed by atoms with van der Waals surface area (Å²) >= 11 is 0. The lowest BCUT2D eigenvalue weighted by Crippen LogP contribution is -2.56. The molecular weight excluding hydrogens is 1500 g/mol. The van der Waals surface area contributed by atoms with Gasteiger partial charge in [-0.2, -0.15) is 0 Å². The summed E-state index contributed by atoms with van der Waals surface area (Å²) in [6.45, 7) is 19.0. The average Bonchev–Trinajstić information content (AvgIpc) is 1.46. The normalized spacial score (nSPS) is 13.9. The fourth-order valence-electron chi connectivity index (χ4n) is 9.12. The second-order valence-electron chi connectivity index (χ2n) is 24.8. The summed E-state index contributed by atoms with van der Waals surface area (Å²) in [7, 11) is -13.1. The van der Waals surface area contributed by atoms with Crippen LogP contribution in [0.2, 0.25) is 0 Å². The van der Waals surface area contributed by atoms with Crippen molar-refractivity contribution in [3.63, 3.8) is 0 Å². The van der Waals surface area contributed by atoms with Gasteiger partial charge in [-0.15, -0.1) is 0 Å². The Balaban J connectivity index is 1.16. The molecular formula is C60H90N15O30P3. The summed E-state index contributed by atoms with van der Waals surface area (Å²) in [4.78, 5) is 121. The number of nitrogens with zero attached hydrogens (tertiary/aromatic N) is 15. The molecule has 600 valence electrons. The predicted octanol–water partition coefficient (Wildman–Crippen LogP) is 9.69. The molecule has 0 aromatic carbocycles. The number of imidazole rings is 3. The highest BCUT2D eigenvalue weighted by molar-refractivity contribution is 7.54. The fraction of sp³-hybridized carbons (Fsp3) is 0.650. The Kier molecular flexibility index (Phi) is 32.7. The average molecular weight is 1590 g/mol. The molecule has 1 aliphatic rings. The fourth-order valence-corrected chi connectivity index (χ4v) is 12.4. The van der Waals surface area contributed by atoms with Crippen molar-refractivity contribution < 1.29 is 141 Å². The first-order valence-corrected chi connectivity index (χ1v) is 38.6. The van der Waals surface area contributed by atoms with Gasteiger partial charge in [0, 0.05) is 0 Å². The van der Waals surface area contributed by atoms with E-state index in [0.29, 0.717) is 50.9 Å². The first kappa shape index (κ1) is 86.2. The van der Waals surface area contributed by atoms with Crippen molar-refractivity contribution in [1.29, 1.82) is 0 Å². The van der Waals surface area contributed by atoms with Gasteiger partial charge < -0.3 is 99.5 Å². The molecule has 0 radical (unpaired) electrons. The van der Waals surface area contributed by atoms with E-state index in [1.807, 2.05) is 14.7 Å². The highest BCUT2D eigenvalue weighted by atomic mass is 31.2. The molecule has 0 N–H and O–H groups in total. The van der Waals surface area contributed by atoms with Crippen LogP contribution in [0, 0.1) is 0 Å². The lowest BCUT2D eigenvalue weighted by atomic mass is 10.3. The number of anilines is 3. The van der Waals surface area contributed by atoms with Crippen LogP contribution in [0.5, 0.6) is 0 Å². The number of carbonyl (C=O) groups excluding carboxylic acids is 6. The van der Waals surface area contributed by atoms with Gasteiger partial charge in [-0.05, 0) is 104 Å². The first-order valence-electron chi connectivity index (χ1n) is 33.4. The topological polar surface area (TPSA) is 488 Å². The first-order chi connectivity index (χ1) is 51.2. The van der Waals surface area contributed by atoms with E-state index in [1.54, 1.807) is 118 Å². The van der Waals surface area contributed by atoms with E-state index in [4.69, 9.17) is 128 Å². The third kappa shape index (κ3) is 27.6. The van der Waals surface area contributed by atoms with Crippen LogP contribution >= 0.6 is 22.8 Å². The Morgan fingerprint density at radius 1 is 0.324 bits per heavy atom. The van der Waals surface area contributed by atoms with Crippen molar-refractivity contribution in [2.24, 2.45) is 0 Å². The minimum absolute atomic E-state index is 0.0337. The number of rotatable bonds is 42. The van der Waals surface area contributed by atoms with E-state index in [0.717, 1.165) is 0 Å². The minimum atomic E-state index is -4.36. The van der Waals surface area contributed by atoms with Gasteiger partial charge in [0.05, 0.1) is 114 Å². The van der Waals surface area contributed by atoms with Gasteiger partial charge in [0.15, 0.2) is 50.9 Å². The third-order valence-corrected chi connectivity index (χ3v) is 17.9. The van der Waals surface area contributed by atoms with Crippen molar-refractivity contribution in [1.82, 2.24) is 58.6 Å². The van der Waals surface area contributed by atoms with Gasteiger partial charge in [-0.3, -0.25) is 40.8 Å². The molecule has 6 aromatic rings. The van der Waals surface area contributed by atoms with E-state index in [1.165, 1.54) is 38.0 Å². The van der Waals surface area contributed by atoms with Gasteiger partial charge in [0.2, 0.25) is 40.8 Å². The second-order valence-corrected chi connectivity index (χ2v) is 30.8. The monoisotopic (exact) mass is 1590 g/mol. The molecule has 0 bridgehead atoms. The minimum Gasteiger partial charge on any atom is -0.432 e. The maximum atomic E-state index is 14.0. The van der Waals surface area contributed by atoms with Crippen LogP contribution in [0.25, 0.3) is 33.5 Å². The lowest BCUT2D eigenvalue weighted by molar-refractivity contribution is -0.0390.